The van der Waals surface area contributed by atoms with Gasteiger partial charge in [0.2, 0.25) is 10.0 Å². The van der Waals surface area contributed by atoms with Crippen molar-refractivity contribution in [1.82, 2.24) is 9.71 Å². The number of para-hydroxylation sites is 1. The second-order valence-electron chi connectivity index (χ2n) is 5.88. The van der Waals surface area contributed by atoms with E-state index >= 15 is 0 Å². The van der Waals surface area contributed by atoms with E-state index in [9.17, 15) is 13.2 Å². The van der Waals surface area contributed by atoms with Crippen LogP contribution in [-0.2, 0) is 16.4 Å². The van der Waals surface area contributed by atoms with Crippen LogP contribution in [0.25, 0.3) is 10.9 Å². The van der Waals surface area contributed by atoms with Gasteiger partial charge in [0.25, 0.3) is 5.56 Å². The van der Waals surface area contributed by atoms with Crippen LogP contribution >= 0.6 is 0 Å². The van der Waals surface area contributed by atoms with Gasteiger partial charge in [-0.25, -0.2) is 13.1 Å². The summed E-state index contributed by atoms with van der Waals surface area (Å²) < 4.78 is 38.0. The van der Waals surface area contributed by atoms with E-state index in [4.69, 9.17) is 9.47 Å². The number of rotatable bonds is 7. The zero-order chi connectivity index (χ0) is 19.4. The van der Waals surface area contributed by atoms with Crippen LogP contribution < -0.4 is 19.8 Å². The molecular weight excluding hydrogens is 368 g/mol. The van der Waals surface area contributed by atoms with Gasteiger partial charge in [-0.2, -0.15) is 0 Å². The highest BCUT2D eigenvalue weighted by Gasteiger charge is 2.20. The summed E-state index contributed by atoms with van der Waals surface area (Å²) in [4.78, 5) is 15.0. The Labute approximate surface area is 157 Å². The maximum Gasteiger partial charge on any atom is 0.251 e. The lowest BCUT2D eigenvalue weighted by Gasteiger charge is -2.12. The number of fused-ring (bicyclic) bond motifs is 1. The number of hydrogen-bond donors (Lipinski definition) is 2. The molecule has 0 radical (unpaired) electrons. The predicted molar refractivity (Wildman–Crippen MR) is 103 cm³/mol. The third kappa shape index (κ3) is 4.12. The fourth-order valence-electron chi connectivity index (χ4n) is 2.77. The number of pyridine rings is 1. The quantitative estimate of drug-likeness (QED) is 0.646. The zero-order valence-electron chi connectivity index (χ0n) is 15.0. The molecule has 27 heavy (non-hydrogen) atoms. The molecule has 2 aromatic carbocycles. The molecule has 0 saturated carbocycles. The Hall–Kier alpha value is -2.84. The van der Waals surface area contributed by atoms with Crippen molar-refractivity contribution in [3.05, 3.63) is 64.4 Å². The SMILES string of the molecule is COc1ccc(OC)c(S(=O)(=O)NCCc2cc3ccccc3[nH]c2=O)c1. The largest absolute Gasteiger partial charge is 0.497 e. The minimum atomic E-state index is -3.83. The van der Waals surface area contributed by atoms with Crippen LogP contribution in [-0.4, -0.2) is 34.2 Å². The average Bonchev–Trinajstić information content (AvgIpc) is 2.67. The van der Waals surface area contributed by atoms with Crippen molar-refractivity contribution in [2.75, 3.05) is 20.8 Å². The van der Waals surface area contributed by atoms with E-state index in [1.165, 1.54) is 26.4 Å². The molecule has 1 aromatic heterocycles. The predicted octanol–water partition coefficient (Wildman–Crippen LogP) is 2.07. The summed E-state index contributed by atoms with van der Waals surface area (Å²) in [5.74, 6) is 0.619. The second-order valence-corrected chi connectivity index (χ2v) is 7.61. The summed E-state index contributed by atoms with van der Waals surface area (Å²) in [7, 11) is -0.974. The number of ether oxygens (including phenoxy) is 2. The maximum absolute atomic E-state index is 12.6. The molecule has 3 aromatic rings. The Bertz CT molecular complexity index is 1120. The number of aromatic amines is 1. The molecule has 0 bridgehead atoms. The van der Waals surface area contributed by atoms with Gasteiger partial charge in [-0.15, -0.1) is 0 Å². The Morgan fingerprint density at radius 1 is 1.04 bits per heavy atom. The van der Waals surface area contributed by atoms with E-state index < -0.39 is 10.0 Å². The molecule has 142 valence electrons. The third-order valence-electron chi connectivity index (χ3n) is 4.18. The lowest BCUT2D eigenvalue weighted by Crippen LogP contribution is -2.28. The number of benzene rings is 2. The van der Waals surface area contributed by atoms with Crippen LogP contribution in [0.15, 0.2) is 58.2 Å². The fourth-order valence-corrected chi connectivity index (χ4v) is 3.98. The topological polar surface area (TPSA) is 97.5 Å². The molecule has 0 amide bonds. The molecule has 0 saturated heterocycles. The fraction of sp³-hybridized carbons (Fsp3) is 0.211. The molecule has 7 nitrogen and oxygen atoms in total. The van der Waals surface area contributed by atoms with Crippen molar-refractivity contribution in [1.29, 1.82) is 0 Å². The first-order valence-corrected chi connectivity index (χ1v) is 9.75. The monoisotopic (exact) mass is 388 g/mol. The van der Waals surface area contributed by atoms with Crippen molar-refractivity contribution in [2.45, 2.75) is 11.3 Å². The molecule has 0 fully saturated rings. The molecule has 0 aliphatic carbocycles. The average molecular weight is 388 g/mol. The first-order chi connectivity index (χ1) is 12.9. The van der Waals surface area contributed by atoms with Crippen LogP contribution in [0.2, 0.25) is 0 Å². The van der Waals surface area contributed by atoms with Gasteiger partial charge in [-0.1, -0.05) is 18.2 Å². The van der Waals surface area contributed by atoms with Gasteiger partial charge >= 0.3 is 0 Å². The first-order valence-electron chi connectivity index (χ1n) is 8.27. The summed E-state index contributed by atoms with van der Waals surface area (Å²) in [5, 5.41) is 0.893. The van der Waals surface area contributed by atoms with Gasteiger partial charge in [0.15, 0.2) is 0 Å². The van der Waals surface area contributed by atoms with E-state index in [-0.39, 0.29) is 29.2 Å². The molecule has 0 atom stereocenters. The minimum Gasteiger partial charge on any atom is -0.497 e. The number of methoxy groups -OCH3 is 2. The molecule has 1 heterocycles. The maximum atomic E-state index is 12.6. The summed E-state index contributed by atoms with van der Waals surface area (Å²) in [5.41, 5.74) is 1.02. The van der Waals surface area contributed by atoms with E-state index in [0.717, 1.165) is 10.9 Å². The minimum absolute atomic E-state index is 0.0169. The Kier molecular flexibility index (Phi) is 5.48. The summed E-state index contributed by atoms with van der Waals surface area (Å²) in [6.07, 6.45) is 0.256. The van der Waals surface area contributed by atoms with Gasteiger partial charge in [0.05, 0.1) is 14.2 Å². The van der Waals surface area contributed by atoms with Gasteiger partial charge in [0, 0.05) is 23.7 Å². The van der Waals surface area contributed by atoms with E-state index in [2.05, 4.69) is 9.71 Å². The van der Waals surface area contributed by atoms with Gasteiger partial charge in [0.1, 0.15) is 16.4 Å². The smallest absolute Gasteiger partial charge is 0.251 e. The van der Waals surface area contributed by atoms with Crippen LogP contribution in [0.5, 0.6) is 11.5 Å². The zero-order valence-corrected chi connectivity index (χ0v) is 15.8. The van der Waals surface area contributed by atoms with Crippen molar-refractivity contribution in [3.63, 3.8) is 0 Å². The van der Waals surface area contributed by atoms with E-state index in [1.807, 2.05) is 24.3 Å². The van der Waals surface area contributed by atoms with Crippen molar-refractivity contribution < 1.29 is 17.9 Å². The molecule has 3 rings (SSSR count). The van der Waals surface area contributed by atoms with Gasteiger partial charge in [-0.05, 0) is 36.1 Å². The van der Waals surface area contributed by atoms with Crippen LogP contribution in [0, 0.1) is 0 Å². The molecular formula is C19H20N2O5S. The van der Waals surface area contributed by atoms with Crippen molar-refractivity contribution in [3.8, 4) is 11.5 Å². The van der Waals surface area contributed by atoms with Crippen molar-refractivity contribution >= 4 is 20.9 Å². The van der Waals surface area contributed by atoms with E-state index in [1.54, 1.807) is 12.1 Å². The lowest BCUT2D eigenvalue weighted by molar-refractivity contribution is 0.392. The second kappa shape index (κ2) is 7.81. The van der Waals surface area contributed by atoms with Crippen LogP contribution in [0.4, 0.5) is 0 Å². The standard InChI is InChI=1S/C19H20N2O5S/c1-25-15-7-8-17(26-2)18(12-15)27(23,24)20-10-9-14-11-13-5-3-4-6-16(13)21-19(14)22/h3-8,11-12,20H,9-10H2,1-2H3,(H,21,22). The molecule has 0 unspecified atom stereocenters. The lowest BCUT2D eigenvalue weighted by atomic mass is 10.1. The Balaban J connectivity index is 1.79. The molecule has 2 N–H and O–H groups in total. The van der Waals surface area contributed by atoms with Gasteiger partial charge < -0.3 is 14.5 Å². The highest BCUT2D eigenvalue weighted by Crippen LogP contribution is 2.27. The number of nitrogens with one attached hydrogen (secondary N) is 2. The Morgan fingerprint density at radius 2 is 1.81 bits per heavy atom. The molecule has 0 aliphatic heterocycles. The highest BCUT2D eigenvalue weighted by atomic mass is 32.2. The van der Waals surface area contributed by atoms with Crippen LogP contribution in [0.1, 0.15) is 5.56 Å². The summed E-state index contributed by atoms with van der Waals surface area (Å²) >= 11 is 0. The number of hydrogen-bond acceptors (Lipinski definition) is 5. The molecule has 8 heteroatoms. The van der Waals surface area contributed by atoms with Crippen LogP contribution in [0.3, 0.4) is 0 Å². The van der Waals surface area contributed by atoms with Gasteiger partial charge in [-0.3, -0.25) is 4.79 Å². The first kappa shape index (κ1) is 18.9. The highest BCUT2D eigenvalue weighted by molar-refractivity contribution is 7.89. The Morgan fingerprint density at radius 3 is 2.56 bits per heavy atom. The van der Waals surface area contributed by atoms with Crippen molar-refractivity contribution in [2.24, 2.45) is 0 Å². The number of sulfonamides is 1. The number of H-pyrrole nitrogens is 1. The molecule has 0 spiro atoms. The third-order valence-corrected chi connectivity index (χ3v) is 5.66. The summed E-state index contributed by atoms with van der Waals surface area (Å²) in [6, 6.07) is 13.7. The normalized spacial score (nSPS) is 11.5. The molecule has 0 aliphatic rings. The number of aromatic nitrogens is 1. The van der Waals surface area contributed by atoms with E-state index in [0.29, 0.717) is 11.3 Å². The summed E-state index contributed by atoms with van der Waals surface area (Å²) in [6.45, 7) is 0.0735.